The fourth-order valence-electron chi connectivity index (χ4n) is 13.1. The Kier molecular flexibility index (Phi) is 10.9. The lowest BCUT2D eigenvalue weighted by Crippen LogP contribution is -2.33. The van der Waals surface area contributed by atoms with Crippen LogP contribution in [0.1, 0.15) is 35.1 Å². The molecule has 0 saturated carbocycles. The molecular formula is C76H50N4O. The van der Waals surface area contributed by atoms with Gasteiger partial charge in [0.05, 0.1) is 22.0 Å². The van der Waals surface area contributed by atoms with Crippen LogP contribution in [0.3, 0.4) is 0 Å². The van der Waals surface area contributed by atoms with E-state index in [1.165, 1.54) is 60.9 Å². The number of ether oxygens (including phenoxy) is 1. The van der Waals surface area contributed by atoms with Crippen LogP contribution in [0, 0.1) is 0 Å². The lowest BCUT2D eigenvalue weighted by Gasteiger charge is -2.41. The maximum absolute atomic E-state index is 7.99. The fraction of sp³-hybridized carbons (Fsp3) is 0.0395. The molecule has 0 atom stereocenters. The largest absolute Gasteiger partial charge is 0.455 e. The van der Waals surface area contributed by atoms with Gasteiger partial charge in [-0.3, -0.25) is 0 Å². The van der Waals surface area contributed by atoms with Crippen LogP contribution in [0.15, 0.2) is 279 Å². The molecule has 13 aromatic rings. The number of rotatable bonds is 8. The third kappa shape index (κ3) is 7.50. The maximum atomic E-state index is 7.99. The van der Waals surface area contributed by atoms with Crippen molar-refractivity contribution in [1.29, 1.82) is 0 Å². The molecule has 1 spiro atoms. The van der Waals surface area contributed by atoms with Crippen molar-refractivity contribution in [2.75, 3.05) is 0 Å². The highest BCUT2D eigenvalue weighted by molar-refractivity contribution is 6.13. The second-order valence-electron chi connectivity index (χ2n) is 21.3. The summed E-state index contributed by atoms with van der Waals surface area (Å²) in [6.07, 6.45) is 8.70. The van der Waals surface area contributed by atoms with Gasteiger partial charge in [-0.25, -0.2) is 15.0 Å². The number of hydrogen-bond donors (Lipinski definition) is 0. The van der Waals surface area contributed by atoms with E-state index in [9.17, 15) is 0 Å². The van der Waals surface area contributed by atoms with E-state index in [1.54, 1.807) is 0 Å². The molecule has 0 radical (unpaired) electrons. The van der Waals surface area contributed by atoms with E-state index in [-0.39, 0.29) is 0 Å². The molecule has 3 aliphatic rings. The maximum Gasteiger partial charge on any atom is 0.167 e. The summed E-state index contributed by atoms with van der Waals surface area (Å²) in [4.78, 5) is 16.1. The average Bonchev–Trinajstić information content (AvgIpc) is 3.68. The van der Waals surface area contributed by atoms with Crippen LogP contribution in [0.25, 0.3) is 117 Å². The van der Waals surface area contributed by atoms with Gasteiger partial charge in [-0.2, -0.15) is 0 Å². The minimum Gasteiger partial charge on any atom is -0.455 e. The van der Waals surface area contributed by atoms with Gasteiger partial charge in [-0.15, -0.1) is 0 Å². The first-order valence-electron chi connectivity index (χ1n) is 27.9. The summed E-state index contributed by atoms with van der Waals surface area (Å²) < 4.78 is 10.5. The summed E-state index contributed by atoms with van der Waals surface area (Å²) in [6, 6.07) is 94.0. The minimum atomic E-state index is -0.877. The van der Waals surface area contributed by atoms with Gasteiger partial charge in [-0.05, 0) is 129 Å². The lowest BCUT2D eigenvalue weighted by atomic mass is 9.64. The molecule has 0 N–H and O–H groups in total. The van der Waals surface area contributed by atoms with Gasteiger partial charge in [0.1, 0.15) is 11.5 Å². The molecule has 5 nitrogen and oxygen atoms in total. The number of aromatic nitrogens is 4. The molecule has 2 aromatic heterocycles. The summed E-state index contributed by atoms with van der Waals surface area (Å²) in [5.74, 6) is 3.17. The van der Waals surface area contributed by atoms with Crippen LogP contribution in [-0.4, -0.2) is 19.5 Å². The van der Waals surface area contributed by atoms with Crippen molar-refractivity contribution in [3.8, 4) is 101 Å². The van der Waals surface area contributed by atoms with Gasteiger partial charge in [0.2, 0.25) is 0 Å². The molecule has 0 fully saturated rings. The first kappa shape index (κ1) is 46.6. The predicted molar refractivity (Wildman–Crippen MR) is 331 cm³/mol. The van der Waals surface area contributed by atoms with Gasteiger partial charge in [0.15, 0.2) is 17.5 Å². The monoisotopic (exact) mass is 1030 g/mol. The van der Waals surface area contributed by atoms with Gasteiger partial charge in [0, 0.05) is 44.3 Å². The van der Waals surface area contributed by atoms with Crippen molar-refractivity contribution in [1.82, 2.24) is 19.5 Å². The Bertz CT molecular complexity index is 4590. The smallest absolute Gasteiger partial charge is 0.167 e. The number of fused-ring (bicyclic) bond motifs is 12. The molecule has 0 saturated heterocycles. The number of hydrogen-bond acceptors (Lipinski definition) is 4. The minimum absolute atomic E-state index is 0.521. The first-order chi connectivity index (χ1) is 40.2. The van der Waals surface area contributed by atoms with Crippen molar-refractivity contribution in [3.05, 3.63) is 301 Å². The Morgan fingerprint density at radius 3 is 1.28 bits per heavy atom. The van der Waals surface area contributed by atoms with Crippen LogP contribution >= 0.6 is 0 Å². The number of nitrogens with zero attached hydrogens (tertiary/aromatic N) is 4. The van der Waals surface area contributed by atoms with E-state index >= 15 is 0 Å². The third-order valence-corrected chi connectivity index (χ3v) is 16.8. The molecule has 1 aliphatic heterocycles. The van der Waals surface area contributed by atoms with Crippen molar-refractivity contribution < 1.29 is 4.74 Å². The zero-order valence-corrected chi connectivity index (χ0v) is 44.2. The van der Waals surface area contributed by atoms with Crippen LogP contribution in [0.4, 0.5) is 0 Å². The molecule has 0 bridgehead atoms. The Hall–Kier alpha value is -10.5. The highest BCUT2D eigenvalue weighted by atomic mass is 16.5. The fourth-order valence-corrected chi connectivity index (χ4v) is 13.1. The molecular weight excluding hydrogens is 985 g/mol. The highest BCUT2D eigenvalue weighted by Gasteiger charge is 2.53. The van der Waals surface area contributed by atoms with Crippen LogP contribution in [0.5, 0.6) is 11.5 Å². The van der Waals surface area contributed by atoms with Crippen LogP contribution < -0.4 is 4.74 Å². The standard InChI is InChI=1S/C76H50N4O/c1-7-23-49(24-8-1)54-39-41-69-62(43-54)63-44-55(40-42-70(63)80(69)58-33-17-6-18-34-58)61-45-56(50-25-9-2-10-26-50)47-67-71(61)81-72-64(75-78-73(52-29-13-4-14-30-52)77-74(79-75)53-31-15-5-16-32-53)46-57(51-27-11-3-12-28-51)48-68(72)76(67)65-37-21-19-35-59(65)60-36-20-22-38-66(60)76/h1-17,19-33,35-48H,18,34H2. The Labute approximate surface area is 470 Å². The van der Waals surface area contributed by atoms with Gasteiger partial charge in [0.25, 0.3) is 0 Å². The highest BCUT2D eigenvalue weighted by Crippen LogP contribution is 2.65. The first-order valence-corrected chi connectivity index (χ1v) is 27.9. The van der Waals surface area contributed by atoms with E-state index in [0.29, 0.717) is 23.2 Å². The molecule has 16 rings (SSSR count). The summed E-state index contributed by atoms with van der Waals surface area (Å²) in [6.45, 7) is 0. The van der Waals surface area contributed by atoms with Crippen LogP contribution in [0.2, 0.25) is 0 Å². The van der Waals surface area contributed by atoms with E-state index in [4.69, 9.17) is 19.7 Å². The Morgan fingerprint density at radius 2 is 0.765 bits per heavy atom. The molecule has 81 heavy (non-hydrogen) atoms. The quantitative estimate of drug-likeness (QED) is 0.152. The predicted octanol–water partition coefficient (Wildman–Crippen LogP) is 19.3. The zero-order valence-electron chi connectivity index (χ0n) is 44.2. The third-order valence-electron chi connectivity index (χ3n) is 16.8. The summed E-state index contributed by atoms with van der Waals surface area (Å²) in [7, 11) is 0. The second kappa shape index (κ2) is 18.9. The molecule has 380 valence electrons. The van der Waals surface area contributed by atoms with Crippen molar-refractivity contribution >= 4 is 27.5 Å². The lowest BCUT2D eigenvalue weighted by molar-refractivity contribution is 0.439. The van der Waals surface area contributed by atoms with E-state index in [1.807, 2.05) is 36.4 Å². The number of allylic oxidation sites excluding steroid dienone is 4. The zero-order chi connectivity index (χ0) is 53.4. The Balaban J connectivity index is 1.03. The normalized spacial score (nSPS) is 13.6. The van der Waals surface area contributed by atoms with Crippen molar-refractivity contribution in [2.45, 2.75) is 18.3 Å². The van der Waals surface area contributed by atoms with Crippen molar-refractivity contribution in [2.24, 2.45) is 0 Å². The second-order valence-corrected chi connectivity index (χ2v) is 21.3. The molecule has 11 aromatic carbocycles. The van der Waals surface area contributed by atoms with E-state index < -0.39 is 5.41 Å². The topological polar surface area (TPSA) is 52.8 Å². The van der Waals surface area contributed by atoms with E-state index in [2.05, 4.69) is 247 Å². The molecule has 0 unspecified atom stereocenters. The molecule has 2 aliphatic carbocycles. The SMILES string of the molecule is C1=CCCC(n2c3ccc(-c4ccccc4)cc3c3cc(-c4cc(-c5ccccc5)cc5c4Oc4c(-c6nc(-c7ccccc7)nc(-c7ccccc7)n6)cc(-c6ccccc6)cc4C54c5ccccc5-c5ccccc54)ccc32)=C1. The van der Waals surface area contributed by atoms with Gasteiger partial charge in [-0.1, -0.05) is 224 Å². The van der Waals surface area contributed by atoms with Crippen molar-refractivity contribution in [3.63, 3.8) is 0 Å². The van der Waals surface area contributed by atoms with Gasteiger partial charge < -0.3 is 9.30 Å². The Morgan fingerprint density at radius 1 is 0.333 bits per heavy atom. The van der Waals surface area contributed by atoms with Crippen LogP contribution in [-0.2, 0) is 5.41 Å². The van der Waals surface area contributed by atoms with Gasteiger partial charge >= 0.3 is 0 Å². The average molecular weight is 1040 g/mol. The van der Waals surface area contributed by atoms with E-state index in [0.717, 1.165) is 79.8 Å². The molecule has 5 heteroatoms. The molecule has 3 heterocycles. The summed E-state index contributed by atoms with van der Waals surface area (Å²) in [5.41, 5.74) is 20.9. The molecule has 0 amide bonds. The number of benzene rings is 11. The summed E-state index contributed by atoms with van der Waals surface area (Å²) >= 11 is 0. The summed E-state index contributed by atoms with van der Waals surface area (Å²) in [5, 5.41) is 2.38.